The zero-order valence-corrected chi connectivity index (χ0v) is 10.4. The highest BCUT2D eigenvalue weighted by Gasteiger charge is 2.13. The van der Waals surface area contributed by atoms with Crippen LogP contribution in [0.2, 0.25) is 0 Å². The molecule has 0 unspecified atom stereocenters. The third-order valence-electron chi connectivity index (χ3n) is 2.30. The van der Waals surface area contributed by atoms with Crippen LogP contribution >= 0.6 is 0 Å². The number of hydrogen-bond donors (Lipinski definition) is 1. The molecular formula is C13H18O4. The first kappa shape index (κ1) is 13.5. The predicted molar refractivity (Wildman–Crippen MR) is 64.8 cm³/mol. The highest BCUT2D eigenvalue weighted by Crippen LogP contribution is 2.28. The van der Waals surface area contributed by atoms with Gasteiger partial charge in [-0.3, -0.25) is 4.79 Å². The first-order valence-corrected chi connectivity index (χ1v) is 5.44. The predicted octanol–water partition coefficient (Wildman–Crippen LogP) is 2.05. The third-order valence-corrected chi connectivity index (χ3v) is 2.30. The van der Waals surface area contributed by atoms with Crippen LogP contribution in [0.25, 0.3) is 0 Å². The van der Waals surface area contributed by atoms with Crippen molar-refractivity contribution in [2.24, 2.45) is 0 Å². The fraction of sp³-hybridized carbons (Fsp3) is 0.462. The fourth-order valence-electron chi connectivity index (χ4n) is 1.29. The van der Waals surface area contributed by atoms with Crippen LogP contribution in [-0.4, -0.2) is 30.7 Å². The molecule has 0 bridgehead atoms. The zero-order valence-electron chi connectivity index (χ0n) is 10.4. The van der Waals surface area contributed by atoms with Crippen molar-refractivity contribution in [1.29, 1.82) is 0 Å². The SMILES string of the molecule is COc1ccc(C=O)cc1OCCC(C)(C)O. The average molecular weight is 238 g/mol. The van der Waals surface area contributed by atoms with E-state index in [0.29, 0.717) is 30.1 Å². The molecule has 4 heteroatoms. The van der Waals surface area contributed by atoms with Crippen molar-refractivity contribution in [2.75, 3.05) is 13.7 Å². The Kier molecular flexibility index (Phi) is 4.52. The van der Waals surface area contributed by atoms with Crippen LogP contribution in [0.15, 0.2) is 18.2 Å². The summed E-state index contributed by atoms with van der Waals surface area (Å²) < 4.78 is 10.6. The largest absolute Gasteiger partial charge is 0.493 e. The molecule has 0 aromatic heterocycles. The van der Waals surface area contributed by atoms with Crippen LogP contribution in [0.4, 0.5) is 0 Å². The van der Waals surface area contributed by atoms with Crippen molar-refractivity contribution in [1.82, 2.24) is 0 Å². The number of methoxy groups -OCH3 is 1. The van der Waals surface area contributed by atoms with Gasteiger partial charge in [-0.25, -0.2) is 0 Å². The third kappa shape index (κ3) is 4.44. The van der Waals surface area contributed by atoms with Crippen LogP contribution in [0.5, 0.6) is 11.5 Å². The highest BCUT2D eigenvalue weighted by atomic mass is 16.5. The summed E-state index contributed by atoms with van der Waals surface area (Å²) in [6, 6.07) is 4.97. The number of aliphatic hydroxyl groups is 1. The van der Waals surface area contributed by atoms with Gasteiger partial charge < -0.3 is 14.6 Å². The standard InChI is InChI=1S/C13H18O4/c1-13(2,15)6-7-17-12-8-10(9-14)4-5-11(12)16-3/h4-5,8-9,15H,6-7H2,1-3H3. The van der Waals surface area contributed by atoms with Gasteiger partial charge in [0.15, 0.2) is 11.5 Å². The van der Waals surface area contributed by atoms with E-state index < -0.39 is 5.60 Å². The lowest BCUT2D eigenvalue weighted by Gasteiger charge is -2.18. The van der Waals surface area contributed by atoms with Crippen molar-refractivity contribution in [2.45, 2.75) is 25.9 Å². The van der Waals surface area contributed by atoms with Crippen LogP contribution in [0.3, 0.4) is 0 Å². The molecule has 0 heterocycles. The van der Waals surface area contributed by atoms with Crippen molar-refractivity contribution in [3.63, 3.8) is 0 Å². The molecule has 0 saturated heterocycles. The Labute approximate surface area is 101 Å². The second-order valence-corrected chi connectivity index (χ2v) is 4.44. The van der Waals surface area contributed by atoms with Gasteiger partial charge in [0.05, 0.1) is 19.3 Å². The van der Waals surface area contributed by atoms with Gasteiger partial charge in [-0.15, -0.1) is 0 Å². The van der Waals surface area contributed by atoms with Crippen molar-refractivity contribution < 1.29 is 19.4 Å². The molecule has 0 spiro atoms. The average Bonchev–Trinajstić information content (AvgIpc) is 2.27. The van der Waals surface area contributed by atoms with Crippen LogP contribution in [-0.2, 0) is 0 Å². The molecule has 17 heavy (non-hydrogen) atoms. The number of carbonyl (C=O) groups is 1. The summed E-state index contributed by atoms with van der Waals surface area (Å²) in [7, 11) is 1.54. The van der Waals surface area contributed by atoms with Crippen molar-refractivity contribution in [3.05, 3.63) is 23.8 Å². The Bertz CT molecular complexity index is 379. The summed E-state index contributed by atoms with van der Waals surface area (Å²) in [5, 5.41) is 9.56. The lowest BCUT2D eigenvalue weighted by atomic mass is 10.1. The van der Waals surface area contributed by atoms with E-state index in [-0.39, 0.29) is 0 Å². The molecule has 1 N–H and O–H groups in total. The molecule has 0 aliphatic rings. The minimum atomic E-state index is -0.768. The fourth-order valence-corrected chi connectivity index (χ4v) is 1.29. The normalized spacial score (nSPS) is 11.1. The number of aldehydes is 1. The molecule has 0 radical (unpaired) electrons. The van der Waals surface area contributed by atoms with Gasteiger partial charge in [-0.1, -0.05) is 0 Å². The van der Waals surface area contributed by atoms with Crippen molar-refractivity contribution in [3.8, 4) is 11.5 Å². The Morgan fingerprint density at radius 1 is 1.35 bits per heavy atom. The quantitative estimate of drug-likeness (QED) is 0.771. The summed E-state index contributed by atoms with van der Waals surface area (Å²) in [5.74, 6) is 1.09. The lowest BCUT2D eigenvalue weighted by Crippen LogP contribution is -2.21. The Hall–Kier alpha value is -1.55. The molecule has 1 aromatic carbocycles. The molecular weight excluding hydrogens is 220 g/mol. The number of rotatable bonds is 6. The van der Waals surface area contributed by atoms with E-state index in [4.69, 9.17) is 9.47 Å². The second kappa shape index (κ2) is 5.68. The molecule has 1 aromatic rings. The van der Waals surface area contributed by atoms with Gasteiger partial charge in [-0.05, 0) is 32.0 Å². The summed E-state index contributed by atoms with van der Waals surface area (Å²) >= 11 is 0. The number of ether oxygens (including phenoxy) is 2. The number of benzene rings is 1. The summed E-state index contributed by atoms with van der Waals surface area (Å²) in [4.78, 5) is 10.7. The molecule has 0 aliphatic heterocycles. The lowest BCUT2D eigenvalue weighted by molar-refractivity contribution is 0.0549. The number of carbonyl (C=O) groups excluding carboxylic acids is 1. The van der Waals surface area contributed by atoms with Gasteiger partial charge in [0.1, 0.15) is 6.29 Å². The van der Waals surface area contributed by atoms with E-state index in [2.05, 4.69) is 0 Å². The van der Waals surface area contributed by atoms with E-state index >= 15 is 0 Å². The van der Waals surface area contributed by atoms with Crippen LogP contribution in [0, 0.1) is 0 Å². The monoisotopic (exact) mass is 238 g/mol. The Morgan fingerprint density at radius 3 is 2.59 bits per heavy atom. The van der Waals surface area contributed by atoms with E-state index in [1.165, 1.54) is 0 Å². The minimum Gasteiger partial charge on any atom is -0.493 e. The van der Waals surface area contributed by atoms with Crippen LogP contribution < -0.4 is 9.47 Å². The topological polar surface area (TPSA) is 55.8 Å². The summed E-state index contributed by atoms with van der Waals surface area (Å²) in [6.07, 6.45) is 1.25. The maximum atomic E-state index is 10.7. The maximum Gasteiger partial charge on any atom is 0.161 e. The van der Waals surface area contributed by atoms with E-state index in [9.17, 15) is 9.90 Å². The maximum absolute atomic E-state index is 10.7. The van der Waals surface area contributed by atoms with Crippen molar-refractivity contribution >= 4 is 6.29 Å². The zero-order chi connectivity index (χ0) is 12.9. The molecule has 0 fully saturated rings. The van der Waals surface area contributed by atoms with Gasteiger partial charge in [0.25, 0.3) is 0 Å². The smallest absolute Gasteiger partial charge is 0.161 e. The van der Waals surface area contributed by atoms with E-state index in [1.807, 2.05) is 0 Å². The molecule has 0 amide bonds. The second-order valence-electron chi connectivity index (χ2n) is 4.44. The Balaban J connectivity index is 2.71. The summed E-state index contributed by atoms with van der Waals surface area (Å²) in [6.45, 7) is 3.80. The van der Waals surface area contributed by atoms with Gasteiger partial charge in [0.2, 0.25) is 0 Å². The molecule has 4 nitrogen and oxygen atoms in total. The first-order valence-electron chi connectivity index (χ1n) is 5.44. The molecule has 1 rings (SSSR count). The highest BCUT2D eigenvalue weighted by molar-refractivity contribution is 5.76. The first-order chi connectivity index (χ1) is 7.96. The number of hydrogen-bond acceptors (Lipinski definition) is 4. The Morgan fingerprint density at radius 2 is 2.06 bits per heavy atom. The molecule has 94 valence electrons. The van der Waals surface area contributed by atoms with Crippen LogP contribution in [0.1, 0.15) is 30.6 Å². The van der Waals surface area contributed by atoms with Gasteiger partial charge >= 0.3 is 0 Å². The molecule has 0 atom stereocenters. The van der Waals surface area contributed by atoms with Gasteiger partial charge in [0, 0.05) is 12.0 Å². The summed E-state index contributed by atoms with van der Waals surface area (Å²) in [5.41, 5.74) is -0.237. The minimum absolute atomic E-state index is 0.363. The van der Waals surface area contributed by atoms with E-state index in [0.717, 1.165) is 6.29 Å². The van der Waals surface area contributed by atoms with E-state index in [1.54, 1.807) is 39.2 Å². The molecule has 0 aliphatic carbocycles. The molecule has 0 saturated carbocycles. The van der Waals surface area contributed by atoms with Gasteiger partial charge in [-0.2, -0.15) is 0 Å².